The van der Waals surface area contributed by atoms with Crippen molar-refractivity contribution in [3.63, 3.8) is 0 Å². The number of amides is 4. The number of benzene rings is 1. The summed E-state index contributed by atoms with van der Waals surface area (Å²) in [5.74, 6) is -0.687. The van der Waals surface area contributed by atoms with Crippen LogP contribution in [0, 0.1) is 0 Å². The second-order valence-corrected chi connectivity index (χ2v) is 6.03. The lowest BCUT2D eigenvalue weighted by Gasteiger charge is -2.25. The minimum absolute atomic E-state index is 0.0586. The van der Waals surface area contributed by atoms with Crippen LogP contribution in [0.2, 0.25) is 0 Å². The Kier molecular flexibility index (Phi) is 5.59. The summed E-state index contributed by atoms with van der Waals surface area (Å²) in [7, 11) is 0. The lowest BCUT2D eigenvalue weighted by Crippen LogP contribution is -2.46. The first kappa shape index (κ1) is 18.0. The summed E-state index contributed by atoms with van der Waals surface area (Å²) in [6, 6.07) is 8.68. The predicted octanol–water partition coefficient (Wildman–Crippen LogP) is 2.15. The predicted molar refractivity (Wildman–Crippen MR) is 91.2 cm³/mol. The van der Waals surface area contributed by atoms with Crippen molar-refractivity contribution in [3.05, 3.63) is 35.9 Å². The van der Waals surface area contributed by atoms with Crippen molar-refractivity contribution in [2.24, 2.45) is 0 Å². The topological polar surface area (TPSA) is 78.5 Å². The number of rotatable bonds is 7. The van der Waals surface area contributed by atoms with E-state index in [1.54, 1.807) is 0 Å². The van der Waals surface area contributed by atoms with Crippen molar-refractivity contribution < 1.29 is 14.4 Å². The molecule has 6 nitrogen and oxygen atoms in total. The summed E-state index contributed by atoms with van der Waals surface area (Å²) in [5, 5.41) is 5.63. The Balaban J connectivity index is 2.18. The number of hydrogen-bond donors (Lipinski definition) is 2. The van der Waals surface area contributed by atoms with E-state index < -0.39 is 11.6 Å². The molecule has 130 valence electrons. The monoisotopic (exact) mass is 331 g/mol. The number of carbonyl (C=O) groups is 3. The Morgan fingerprint density at radius 3 is 2.33 bits per heavy atom. The van der Waals surface area contributed by atoms with Crippen LogP contribution in [0.1, 0.15) is 45.6 Å². The molecule has 1 aromatic rings. The normalized spacial score (nSPS) is 20.4. The molecule has 0 saturated carbocycles. The minimum Gasteiger partial charge on any atom is -0.352 e. The first-order valence-corrected chi connectivity index (χ1v) is 8.47. The average molecular weight is 331 g/mol. The van der Waals surface area contributed by atoms with Gasteiger partial charge >= 0.3 is 6.03 Å². The van der Waals surface area contributed by atoms with Crippen LogP contribution in [0.3, 0.4) is 0 Å². The molecule has 0 aromatic heterocycles. The Morgan fingerprint density at radius 1 is 1.17 bits per heavy atom. The van der Waals surface area contributed by atoms with Gasteiger partial charge in [-0.3, -0.25) is 14.5 Å². The number of imide groups is 1. The van der Waals surface area contributed by atoms with Crippen LogP contribution in [0.4, 0.5) is 4.79 Å². The molecule has 2 rings (SSSR count). The van der Waals surface area contributed by atoms with Gasteiger partial charge in [0.05, 0.1) is 0 Å². The summed E-state index contributed by atoms with van der Waals surface area (Å²) in [6.45, 7) is 5.56. The van der Waals surface area contributed by atoms with Gasteiger partial charge < -0.3 is 10.6 Å². The lowest BCUT2D eigenvalue weighted by atomic mass is 9.87. The van der Waals surface area contributed by atoms with Gasteiger partial charge in [0.1, 0.15) is 12.1 Å². The van der Waals surface area contributed by atoms with Gasteiger partial charge in [0.2, 0.25) is 5.91 Å². The molecule has 0 spiro atoms. The van der Waals surface area contributed by atoms with Gasteiger partial charge in [-0.1, -0.05) is 51.1 Å². The third-order valence-corrected chi connectivity index (χ3v) is 4.63. The molecule has 24 heavy (non-hydrogen) atoms. The van der Waals surface area contributed by atoms with Gasteiger partial charge in [0.25, 0.3) is 5.91 Å². The second kappa shape index (κ2) is 7.47. The molecule has 1 saturated heterocycles. The Morgan fingerprint density at radius 2 is 1.79 bits per heavy atom. The molecule has 2 N–H and O–H groups in total. The molecule has 1 unspecified atom stereocenters. The molecule has 0 radical (unpaired) electrons. The maximum atomic E-state index is 12.9. The molecule has 1 aromatic carbocycles. The minimum atomic E-state index is -1.09. The zero-order chi connectivity index (χ0) is 17.7. The van der Waals surface area contributed by atoms with Crippen molar-refractivity contribution in [1.29, 1.82) is 0 Å². The molecule has 0 bridgehead atoms. The maximum Gasteiger partial charge on any atom is 0.325 e. The zero-order valence-electron chi connectivity index (χ0n) is 14.5. The first-order valence-electron chi connectivity index (χ1n) is 8.47. The Labute approximate surface area is 142 Å². The number of nitrogens with one attached hydrogen (secondary N) is 2. The Bertz CT molecular complexity index is 613. The molecule has 1 atom stereocenters. The first-order chi connectivity index (χ1) is 11.5. The van der Waals surface area contributed by atoms with E-state index in [0.717, 1.165) is 23.3 Å². The van der Waals surface area contributed by atoms with E-state index in [4.69, 9.17) is 0 Å². The third kappa shape index (κ3) is 3.27. The van der Waals surface area contributed by atoms with E-state index in [1.807, 2.05) is 51.1 Å². The van der Waals surface area contributed by atoms with Crippen LogP contribution in [-0.4, -0.2) is 35.3 Å². The second-order valence-electron chi connectivity index (χ2n) is 6.03. The fraction of sp³-hybridized carbons (Fsp3) is 0.500. The molecule has 1 aliphatic rings. The van der Waals surface area contributed by atoms with E-state index >= 15 is 0 Å². The van der Waals surface area contributed by atoms with Crippen molar-refractivity contribution >= 4 is 17.8 Å². The quantitative estimate of drug-likeness (QED) is 0.752. The molecule has 1 fully saturated rings. The van der Waals surface area contributed by atoms with Crippen molar-refractivity contribution in [3.8, 4) is 0 Å². The van der Waals surface area contributed by atoms with E-state index in [9.17, 15) is 14.4 Å². The fourth-order valence-electron chi connectivity index (χ4n) is 3.04. The summed E-state index contributed by atoms with van der Waals surface area (Å²) >= 11 is 0. The summed E-state index contributed by atoms with van der Waals surface area (Å²) in [5.41, 5.74) is -0.359. The van der Waals surface area contributed by atoms with Gasteiger partial charge in [0, 0.05) is 6.04 Å². The SMILES string of the molecule is CCC(CC)NC(=O)CN1C(=O)NC(CC)(c2ccccc2)C1=O. The third-order valence-electron chi connectivity index (χ3n) is 4.63. The number of nitrogens with zero attached hydrogens (tertiary/aromatic N) is 1. The molecular formula is C18H25N3O3. The van der Waals surface area contributed by atoms with E-state index in [-0.39, 0.29) is 24.4 Å². The summed E-state index contributed by atoms with van der Waals surface area (Å²) in [4.78, 5) is 38.4. The van der Waals surface area contributed by atoms with Crippen molar-refractivity contribution in [1.82, 2.24) is 15.5 Å². The van der Waals surface area contributed by atoms with E-state index in [0.29, 0.717) is 6.42 Å². The Hall–Kier alpha value is -2.37. The van der Waals surface area contributed by atoms with Gasteiger partial charge in [-0.2, -0.15) is 0 Å². The summed E-state index contributed by atoms with van der Waals surface area (Å²) < 4.78 is 0. The van der Waals surface area contributed by atoms with Crippen LogP contribution >= 0.6 is 0 Å². The highest BCUT2D eigenvalue weighted by molar-refractivity contribution is 6.09. The van der Waals surface area contributed by atoms with Crippen LogP contribution in [0.15, 0.2) is 30.3 Å². The summed E-state index contributed by atoms with van der Waals surface area (Å²) in [6.07, 6.45) is 2.04. The molecule has 1 aliphatic heterocycles. The van der Waals surface area contributed by atoms with Crippen molar-refractivity contribution in [2.75, 3.05) is 6.54 Å². The highest BCUT2D eigenvalue weighted by Crippen LogP contribution is 2.32. The van der Waals surface area contributed by atoms with Crippen molar-refractivity contribution in [2.45, 2.75) is 51.6 Å². The molecular weight excluding hydrogens is 306 g/mol. The van der Waals surface area contributed by atoms with Crippen LogP contribution in [0.5, 0.6) is 0 Å². The highest BCUT2D eigenvalue weighted by Gasteiger charge is 2.51. The van der Waals surface area contributed by atoms with Crippen LogP contribution in [0.25, 0.3) is 0 Å². The molecule has 0 aliphatic carbocycles. The zero-order valence-corrected chi connectivity index (χ0v) is 14.5. The fourth-order valence-corrected chi connectivity index (χ4v) is 3.04. The largest absolute Gasteiger partial charge is 0.352 e. The number of carbonyl (C=O) groups excluding carboxylic acids is 3. The maximum absolute atomic E-state index is 12.9. The standard InChI is InChI=1S/C18H25N3O3/c1-4-14(5-2)19-15(22)12-21-16(23)18(6-3,20-17(21)24)13-10-8-7-9-11-13/h7-11,14H,4-6,12H2,1-3H3,(H,19,22)(H,20,24). The van der Waals surface area contributed by atoms with Crippen LogP contribution < -0.4 is 10.6 Å². The van der Waals surface area contributed by atoms with E-state index in [1.165, 1.54) is 0 Å². The molecule has 4 amide bonds. The van der Waals surface area contributed by atoms with Gasteiger partial charge in [-0.05, 0) is 24.8 Å². The number of urea groups is 1. The van der Waals surface area contributed by atoms with Crippen LogP contribution in [-0.2, 0) is 15.1 Å². The van der Waals surface area contributed by atoms with Gasteiger partial charge in [0.15, 0.2) is 0 Å². The molecule has 6 heteroatoms. The average Bonchev–Trinajstić information content (AvgIpc) is 2.85. The highest BCUT2D eigenvalue weighted by atomic mass is 16.2. The van der Waals surface area contributed by atoms with Gasteiger partial charge in [-0.15, -0.1) is 0 Å². The van der Waals surface area contributed by atoms with E-state index in [2.05, 4.69) is 10.6 Å². The molecule has 1 heterocycles. The smallest absolute Gasteiger partial charge is 0.325 e. The van der Waals surface area contributed by atoms with Gasteiger partial charge in [-0.25, -0.2) is 4.79 Å². The number of hydrogen-bond acceptors (Lipinski definition) is 3. The lowest BCUT2D eigenvalue weighted by molar-refractivity contribution is -0.135.